The molecule has 0 unspecified atom stereocenters. The molecule has 0 saturated heterocycles. The highest BCUT2D eigenvalue weighted by Gasteiger charge is 2.25. The van der Waals surface area contributed by atoms with Gasteiger partial charge in [-0.1, -0.05) is 101 Å². The Balaban J connectivity index is 2.20. The SMILES string of the molecule is CC/C=C\C/C=C\C/C=C\C/C=C\C/C=C\C/C=C\CCC(=O)NCCSSC(C)(C)CNC(=O)[C@H](Cc1c(C)cc(O)cc1C)NC(C)=O. The van der Waals surface area contributed by atoms with E-state index in [0.717, 1.165) is 67.4 Å². The molecule has 0 fully saturated rings. The second-order valence-electron chi connectivity index (χ2n) is 12.7. The average Bonchev–Trinajstić information content (AvgIpc) is 3.05. The number of rotatable bonds is 25. The van der Waals surface area contributed by atoms with E-state index in [0.29, 0.717) is 25.9 Å². The van der Waals surface area contributed by atoms with Gasteiger partial charge in [-0.05, 0) is 101 Å². The highest BCUT2D eigenvalue weighted by Crippen LogP contribution is 2.34. The first-order chi connectivity index (χ1) is 23.9. The fraction of sp³-hybridized carbons (Fsp3) is 0.488. The normalized spacial score (nSPS) is 13.1. The third-order valence-electron chi connectivity index (χ3n) is 7.40. The lowest BCUT2D eigenvalue weighted by Gasteiger charge is -2.26. The third kappa shape index (κ3) is 23.1. The Morgan fingerprint density at radius 1 is 0.800 bits per heavy atom. The summed E-state index contributed by atoms with van der Waals surface area (Å²) >= 11 is 0. The van der Waals surface area contributed by atoms with E-state index in [-0.39, 0.29) is 28.2 Å². The largest absolute Gasteiger partial charge is 0.508 e. The Morgan fingerprint density at radius 3 is 1.80 bits per heavy atom. The van der Waals surface area contributed by atoms with Gasteiger partial charge < -0.3 is 21.1 Å². The van der Waals surface area contributed by atoms with E-state index in [9.17, 15) is 19.5 Å². The standard InChI is InChI=1S/C41H61N3O4S2/c1-7-8-9-10-11-12-13-14-15-16-17-18-19-20-21-22-23-24-25-26-39(47)42-27-28-49-50-41(5,6)32-43-40(48)38(44-35(4)45)31-37-33(2)29-36(46)30-34(37)3/h8-9,11-12,14-15,17-18,20-21,23-24,29-30,38,46H,7,10,13,16,19,22,25-28,31-32H2,1-6H3,(H,42,47)(H,43,48)(H,44,45)/b9-8-,12-11-,15-14-,18-17-,21-20-,24-23-/t38-/m0/s1. The highest BCUT2D eigenvalue weighted by atomic mass is 33.1. The van der Waals surface area contributed by atoms with Gasteiger partial charge in [0.25, 0.3) is 0 Å². The summed E-state index contributed by atoms with van der Waals surface area (Å²) in [6.45, 7) is 12.4. The minimum atomic E-state index is -0.717. The summed E-state index contributed by atoms with van der Waals surface area (Å²) in [5.74, 6) is 0.459. The number of benzene rings is 1. The molecular formula is C41H61N3O4S2. The van der Waals surface area contributed by atoms with E-state index in [4.69, 9.17) is 0 Å². The van der Waals surface area contributed by atoms with Gasteiger partial charge in [-0.15, -0.1) is 0 Å². The van der Waals surface area contributed by atoms with Crippen LogP contribution in [0.5, 0.6) is 5.75 Å². The Kier molecular flexibility index (Phi) is 24.4. The first kappa shape index (κ1) is 44.6. The summed E-state index contributed by atoms with van der Waals surface area (Å²) in [6.07, 6.45) is 33.4. The van der Waals surface area contributed by atoms with E-state index in [1.165, 1.54) is 6.92 Å². The summed E-state index contributed by atoms with van der Waals surface area (Å²) in [5, 5.41) is 18.6. The molecule has 1 rings (SSSR count). The lowest BCUT2D eigenvalue weighted by molar-refractivity contribution is -0.128. The number of aryl methyl sites for hydroxylation is 2. The van der Waals surface area contributed by atoms with Gasteiger partial charge in [0, 0.05) is 43.4 Å². The predicted molar refractivity (Wildman–Crippen MR) is 216 cm³/mol. The molecule has 0 aromatic heterocycles. The van der Waals surface area contributed by atoms with Crippen molar-refractivity contribution in [2.75, 3.05) is 18.8 Å². The molecule has 1 aromatic rings. The Morgan fingerprint density at radius 2 is 1.30 bits per heavy atom. The van der Waals surface area contributed by atoms with Crippen LogP contribution in [-0.2, 0) is 20.8 Å². The van der Waals surface area contributed by atoms with Crippen molar-refractivity contribution >= 4 is 39.3 Å². The molecule has 0 spiro atoms. The molecule has 7 nitrogen and oxygen atoms in total. The Labute approximate surface area is 310 Å². The second-order valence-corrected chi connectivity index (χ2v) is 15.8. The summed E-state index contributed by atoms with van der Waals surface area (Å²) in [4.78, 5) is 37.1. The van der Waals surface area contributed by atoms with Crippen molar-refractivity contribution in [2.45, 2.75) is 110 Å². The second kappa shape index (κ2) is 27.3. The first-order valence-corrected chi connectivity index (χ1v) is 20.1. The van der Waals surface area contributed by atoms with Crippen LogP contribution >= 0.6 is 21.6 Å². The van der Waals surface area contributed by atoms with E-state index >= 15 is 0 Å². The number of amides is 3. The summed E-state index contributed by atoms with van der Waals surface area (Å²) in [7, 11) is 3.31. The van der Waals surface area contributed by atoms with Crippen molar-refractivity contribution in [2.24, 2.45) is 0 Å². The van der Waals surface area contributed by atoms with E-state index in [1.54, 1.807) is 33.7 Å². The monoisotopic (exact) mass is 723 g/mol. The Bertz CT molecular complexity index is 1320. The van der Waals surface area contributed by atoms with Crippen LogP contribution in [0.1, 0.15) is 95.8 Å². The molecule has 1 atom stereocenters. The minimum Gasteiger partial charge on any atom is -0.508 e. The molecule has 1 aromatic carbocycles. The third-order valence-corrected chi connectivity index (χ3v) is 10.7. The van der Waals surface area contributed by atoms with Gasteiger partial charge in [-0.2, -0.15) is 0 Å². The molecule has 0 heterocycles. The van der Waals surface area contributed by atoms with Gasteiger partial charge in [-0.3, -0.25) is 14.4 Å². The molecule has 4 N–H and O–H groups in total. The molecule has 3 amide bonds. The van der Waals surface area contributed by atoms with Gasteiger partial charge in [-0.25, -0.2) is 0 Å². The fourth-order valence-corrected chi connectivity index (χ4v) is 7.13. The van der Waals surface area contributed by atoms with Crippen molar-refractivity contribution < 1.29 is 19.5 Å². The van der Waals surface area contributed by atoms with Gasteiger partial charge >= 0.3 is 0 Å². The van der Waals surface area contributed by atoms with Gasteiger partial charge in [0.05, 0.1) is 0 Å². The molecule has 276 valence electrons. The lowest BCUT2D eigenvalue weighted by Crippen LogP contribution is -2.49. The minimum absolute atomic E-state index is 0.0461. The predicted octanol–water partition coefficient (Wildman–Crippen LogP) is 8.93. The molecular weight excluding hydrogens is 663 g/mol. The van der Waals surface area contributed by atoms with Crippen LogP contribution < -0.4 is 16.0 Å². The van der Waals surface area contributed by atoms with Crippen molar-refractivity contribution in [3.8, 4) is 5.75 Å². The topological polar surface area (TPSA) is 108 Å². The lowest BCUT2D eigenvalue weighted by atomic mass is 9.95. The summed E-state index contributed by atoms with van der Waals surface area (Å²) in [5.41, 5.74) is 2.68. The van der Waals surface area contributed by atoms with E-state index in [1.807, 2.05) is 13.8 Å². The molecule has 0 aliphatic heterocycles. The first-order valence-electron chi connectivity index (χ1n) is 17.8. The Hall–Kier alpha value is -3.43. The molecule has 0 bridgehead atoms. The van der Waals surface area contributed by atoms with Crippen LogP contribution in [-0.4, -0.2) is 52.5 Å². The number of carbonyl (C=O) groups excluding carboxylic acids is 3. The molecule has 0 radical (unpaired) electrons. The number of hydrogen-bond acceptors (Lipinski definition) is 6. The van der Waals surface area contributed by atoms with Gasteiger partial charge in [0.15, 0.2) is 0 Å². The number of phenolic OH excluding ortho intramolecular Hbond substituents is 1. The molecule has 0 saturated carbocycles. The number of allylic oxidation sites excluding steroid dienone is 12. The van der Waals surface area contributed by atoms with Crippen molar-refractivity contribution in [1.82, 2.24) is 16.0 Å². The zero-order valence-corrected chi connectivity index (χ0v) is 32.8. The van der Waals surface area contributed by atoms with Crippen LogP contribution in [0, 0.1) is 13.8 Å². The number of phenols is 1. The van der Waals surface area contributed by atoms with Crippen LogP contribution in [0.3, 0.4) is 0 Å². The number of hydrogen-bond donors (Lipinski definition) is 4. The van der Waals surface area contributed by atoms with E-state index in [2.05, 4.69) is 110 Å². The van der Waals surface area contributed by atoms with Crippen LogP contribution in [0.2, 0.25) is 0 Å². The summed E-state index contributed by atoms with van der Waals surface area (Å²) < 4.78 is -0.258. The quantitative estimate of drug-likeness (QED) is 0.0456. The summed E-state index contributed by atoms with van der Waals surface area (Å²) in [6, 6.07) is 2.61. The molecule has 9 heteroatoms. The maximum Gasteiger partial charge on any atom is 0.242 e. The van der Waals surface area contributed by atoms with Crippen molar-refractivity contribution in [3.05, 3.63) is 102 Å². The number of aromatic hydroxyl groups is 1. The van der Waals surface area contributed by atoms with Crippen molar-refractivity contribution in [1.29, 1.82) is 0 Å². The highest BCUT2D eigenvalue weighted by molar-refractivity contribution is 8.77. The van der Waals surface area contributed by atoms with Crippen molar-refractivity contribution in [3.63, 3.8) is 0 Å². The van der Waals surface area contributed by atoms with Crippen LogP contribution in [0.15, 0.2) is 85.0 Å². The number of carbonyl (C=O) groups is 3. The van der Waals surface area contributed by atoms with Gasteiger partial charge in [0.2, 0.25) is 17.7 Å². The van der Waals surface area contributed by atoms with E-state index < -0.39 is 6.04 Å². The maximum absolute atomic E-state index is 13.1. The zero-order chi connectivity index (χ0) is 37.0. The smallest absolute Gasteiger partial charge is 0.242 e. The molecule has 0 aliphatic rings. The van der Waals surface area contributed by atoms with Crippen LogP contribution in [0.25, 0.3) is 0 Å². The maximum atomic E-state index is 13.1. The van der Waals surface area contributed by atoms with Crippen LogP contribution in [0.4, 0.5) is 0 Å². The molecule has 0 aliphatic carbocycles. The average molecular weight is 724 g/mol. The zero-order valence-electron chi connectivity index (χ0n) is 31.1. The molecule has 50 heavy (non-hydrogen) atoms. The number of nitrogens with one attached hydrogen (secondary N) is 3. The van der Waals surface area contributed by atoms with Gasteiger partial charge in [0.1, 0.15) is 11.8 Å². The fourth-order valence-electron chi connectivity index (χ4n) is 4.78.